The highest BCUT2D eigenvalue weighted by Gasteiger charge is 2.56. The van der Waals surface area contributed by atoms with E-state index < -0.39 is 11.1 Å². The van der Waals surface area contributed by atoms with Crippen molar-refractivity contribution in [2.75, 3.05) is 0 Å². The molecular weight excluding hydrogens is 240 g/mol. The van der Waals surface area contributed by atoms with E-state index >= 15 is 0 Å². The van der Waals surface area contributed by atoms with Crippen LogP contribution in [0.5, 0.6) is 0 Å². The van der Waals surface area contributed by atoms with Gasteiger partial charge in [0.1, 0.15) is 11.1 Å². The Labute approximate surface area is 115 Å². The molecule has 4 nitrogen and oxygen atoms in total. The number of amides is 2. The second kappa shape index (κ2) is 4.80. The molecular formula is C15H26N2O2. The molecule has 0 bridgehead atoms. The largest absolute Gasteiger partial charge is 0.340 e. The minimum absolute atomic E-state index is 0.0600. The fourth-order valence-corrected chi connectivity index (χ4v) is 3.56. The molecule has 2 amide bonds. The molecule has 108 valence electrons. The van der Waals surface area contributed by atoms with Crippen LogP contribution < -0.4 is 5.32 Å². The summed E-state index contributed by atoms with van der Waals surface area (Å²) >= 11 is 0. The number of carbonyl (C=O) groups is 2. The third-order valence-corrected chi connectivity index (χ3v) is 4.87. The molecule has 1 heterocycles. The Balaban J connectivity index is 2.43. The third-order valence-electron chi connectivity index (χ3n) is 4.87. The minimum atomic E-state index is -0.732. The highest BCUT2D eigenvalue weighted by atomic mass is 16.2. The predicted octanol–water partition coefficient (Wildman–Crippen LogP) is 2.22. The van der Waals surface area contributed by atoms with Crippen molar-refractivity contribution in [2.24, 2.45) is 0 Å². The number of piperazine rings is 1. The monoisotopic (exact) mass is 266 g/mol. The van der Waals surface area contributed by atoms with Gasteiger partial charge in [0.05, 0.1) is 0 Å². The summed E-state index contributed by atoms with van der Waals surface area (Å²) < 4.78 is 0. The summed E-state index contributed by atoms with van der Waals surface area (Å²) in [4.78, 5) is 27.4. The maximum absolute atomic E-state index is 12.8. The number of nitrogens with one attached hydrogen (secondary N) is 1. The SMILES string of the molecule is CCC1(C)NC(=O)C2(CCCCC2)N(C(C)C)C1=O. The molecule has 1 spiro atoms. The molecule has 1 aliphatic carbocycles. The minimum Gasteiger partial charge on any atom is -0.340 e. The smallest absolute Gasteiger partial charge is 0.249 e. The standard InChI is InChI=1S/C15H26N2O2/c1-5-14(4)13(19)17(11(2)3)15(12(18)16-14)9-7-6-8-10-15/h11H,5-10H2,1-4H3,(H,16,18). The first-order valence-corrected chi connectivity index (χ1v) is 7.54. The van der Waals surface area contributed by atoms with Gasteiger partial charge in [-0.3, -0.25) is 9.59 Å². The van der Waals surface area contributed by atoms with E-state index in [1.807, 2.05) is 32.6 Å². The van der Waals surface area contributed by atoms with Crippen molar-refractivity contribution in [3.05, 3.63) is 0 Å². The Bertz CT molecular complexity index is 386. The van der Waals surface area contributed by atoms with Crippen LogP contribution in [0.4, 0.5) is 0 Å². The number of nitrogens with zero attached hydrogens (tertiary/aromatic N) is 1. The van der Waals surface area contributed by atoms with Crippen LogP contribution in [0.25, 0.3) is 0 Å². The zero-order valence-electron chi connectivity index (χ0n) is 12.6. The lowest BCUT2D eigenvalue weighted by Gasteiger charge is -2.54. The Morgan fingerprint density at radius 3 is 2.26 bits per heavy atom. The van der Waals surface area contributed by atoms with E-state index in [1.165, 1.54) is 6.42 Å². The Hall–Kier alpha value is -1.06. The lowest BCUT2D eigenvalue weighted by Crippen LogP contribution is -2.76. The highest BCUT2D eigenvalue weighted by Crippen LogP contribution is 2.40. The Kier molecular flexibility index (Phi) is 3.63. The van der Waals surface area contributed by atoms with Crippen molar-refractivity contribution in [3.63, 3.8) is 0 Å². The third kappa shape index (κ3) is 2.05. The van der Waals surface area contributed by atoms with Gasteiger partial charge in [-0.05, 0) is 40.0 Å². The molecule has 0 aromatic rings. The lowest BCUT2D eigenvalue weighted by molar-refractivity contribution is -0.168. The van der Waals surface area contributed by atoms with Crippen LogP contribution in [-0.4, -0.2) is 33.8 Å². The van der Waals surface area contributed by atoms with Crippen molar-refractivity contribution in [3.8, 4) is 0 Å². The second-order valence-electron chi connectivity index (χ2n) is 6.50. The zero-order valence-corrected chi connectivity index (χ0v) is 12.6. The molecule has 1 saturated carbocycles. The summed E-state index contributed by atoms with van der Waals surface area (Å²) in [7, 11) is 0. The average molecular weight is 266 g/mol. The molecule has 19 heavy (non-hydrogen) atoms. The molecule has 1 atom stereocenters. The van der Waals surface area contributed by atoms with Crippen molar-refractivity contribution in [2.45, 2.75) is 83.3 Å². The number of carbonyl (C=O) groups excluding carboxylic acids is 2. The summed E-state index contributed by atoms with van der Waals surface area (Å²) in [6.07, 6.45) is 5.49. The first-order chi connectivity index (χ1) is 8.87. The summed E-state index contributed by atoms with van der Waals surface area (Å²) in [5, 5.41) is 3.01. The molecule has 1 aliphatic heterocycles. The molecule has 2 rings (SSSR count). The summed E-state index contributed by atoms with van der Waals surface area (Å²) in [6.45, 7) is 7.83. The molecule has 2 aliphatic rings. The molecule has 2 fully saturated rings. The first-order valence-electron chi connectivity index (χ1n) is 7.54. The van der Waals surface area contributed by atoms with Crippen LogP contribution in [-0.2, 0) is 9.59 Å². The summed E-state index contributed by atoms with van der Waals surface area (Å²) in [6, 6.07) is 0.0718. The number of rotatable bonds is 2. The van der Waals surface area contributed by atoms with Crippen LogP contribution in [0, 0.1) is 0 Å². The maximum atomic E-state index is 12.8. The molecule has 1 N–H and O–H groups in total. The summed E-state index contributed by atoms with van der Waals surface area (Å²) in [5.74, 6) is 0.149. The van der Waals surface area contributed by atoms with Crippen molar-refractivity contribution >= 4 is 11.8 Å². The van der Waals surface area contributed by atoms with E-state index in [9.17, 15) is 9.59 Å². The zero-order chi connectivity index (χ0) is 14.3. The average Bonchev–Trinajstić information content (AvgIpc) is 2.37. The van der Waals surface area contributed by atoms with Crippen molar-refractivity contribution < 1.29 is 9.59 Å². The van der Waals surface area contributed by atoms with E-state index in [4.69, 9.17) is 0 Å². The van der Waals surface area contributed by atoms with Gasteiger partial charge in [-0.15, -0.1) is 0 Å². The van der Waals surface area contributed by atoms with Gasteiger partial charge in [-0.2, -0.15) is 0 Å². The molecule has 0 aromatic carbocycles. The fraction of sp³-hybridized carbons (Fsp3) is 0.867. The number of hydrogen-bond donors (Lipinski definition) is 1. The van der Waals surface area contributed by atoms with E-state index in [0.717, 1.165) is 25.7 Å². The fourth-order valence-electron chi connectivity index (χ4n) is 3.56. The normalized spacial score (nSPS) is 30.9. The molecule has 1 unspecified atom stereocenters. The maximum Gasteiger partial charge on any atom is 0.249 e. The highest BCUT2D eigenvalue weighted by molar-refractivity contribution is 6.02. The van der Waals surface area contributed by atoms with Gasteiger partial charge in [0.15, 0.2) is 0 Å². The summed E-state index contributed by atoms with van der Waals surface area (Å²) in [5.41, 5.74) is -1.32. The van der Waals surface area contributed by atoms with E-state index in [2.05, 4.69) is 5.32 Å². The molecule has 1 saturated heterocycles. The van der Waals surface area contributed by atoms with Gasteiger partial charge in [0.2, 0.25) is 11.8 Å². The second-order valence-corrected chi connectivity index (χ2v) is 6.50. The van der Waals surface area contributed by atoms with Gasteiger partial charge in [0.25, 0.3) is 0 Å². The van der Waals surface area contributed by atoms with Gasteiger partial charge in [-0.25, -0.2) is 0 Å². The quantitative estimate of drug-likeness (QED) is 0.833. The van der Waals surface area contributed by atoms with Crippen LogP contribution in [0.3, 0.4) is 0 Å². The molecule has 0 aromatic heterocycles. The van der Waals surface area contributed by atoms with E-state index in [1.54, 1.807) is 0 Å². The Morgan fingerprint density at radius 2 is 1.79 bits per heavy atom. The molecule has 0 radical (unpaired) electrons. The van der Waals surface area contributed by atoms with Gasteiger partial charge in [0, 0.05) is 6.04 Å². The van der Waals surface area contributed by atoms with Gasteiger partial charge in [-0.1, -0.05) is 26.2 Å². The Morgan fingerprint density at radius 1 is 1.21 bits per heavy atom. The topological polar surface area (TPSA) is 49.4 Å². The van der Waals surface area contributed by atoms with E-state index in [-0.39, 0.29) is 17.9 Å². The first kappa shape index (κ1) is 14.4. The van der Waals surface area contributed by atoms with Gasteiger partial charge >= 0.3 is 0 Å². The predicted molar refractivity (Wildman–Crippen MR) is 74.6 cm³/mol. The van der Waals surface area contributed by atoms with Crippen molar-refractivity contribution in [1.82, 2.24) is 10.2 Å². The van der Waals surface area contributed by atoms with Crippen LogP contribution in [0.2, 0.25) is 0 Å². The van der Waals surface area contributed by atoms with Crippen LogP contribution in [0.15, 0.2) is 0 Å². The van der Waals surface area contributed by atoms with Crippen LogP contribution in [0.1, 0.15) is 66.2 Å². The molecule has 4 heteroatoms. The number of hydrogen-bond acceptors (Lipinski definition) is 2. The van der Waals surface area contributed by atoms with Crippen molar-refractivity contribution in [1.29, 1.82) is 0 Å². The van der Waals surface area contributed by atoms with Crippen LogP contribution >= 0.6 is 0 Å². The lowest BCUT2D eigenvalue weighted by atomic mass is 9.74. The van der Waals surface area contributed by atoms with E-state index in [0.29, 0.717) is 6.42 Å². The van der Waals surface area contributed by atoms with Gasteiger partial charge < -0.3 is 10.2 Å².